The Bertz CT molecular complexity index is 1440. The van der Waals surface area contributed by atoms with Crippen molar-refractivity contribution in [3.05, 3.63) is 72.9 Å². The summed E-state index contributed by atoms with van der Waals surface area (Å²) in [5.74, 6) is -0.872. The Balaban J connectivity index is 4.02. The van der Waals surface area contributed by atoms with Gasteiger partial charge in [0.2, 0.25) is 0 Å². The highest BCUT2D eigenvalue weighted by Gasteiger charge is 2.19. The molecule has 0 heterocycles. The second-order valence-electron chi connectivity index (χ2n) is 22.7. The van der Waals surface area contributed by atoms with Crippen molar-refractivity contribution < 1.29 is 28.6 Å². The normalized spacial score (nSPS) is 12.5. The molecule has 6 nitrogen and oxygen atoms in total. The van der Waals surface area contributed by atoms with Crippen molar-refractivity contribution >= 4 is 17.9 Å². The van der Waals surface area contributed by atoms with Crippen molar-refractivity contribution in [1.82, 2.24) is 0 Å². The molecule has 0 fully saturated rings. The van der Waals surface area contributed by atoms with Crippen LogP contribution in [0.1, 0.15) is 348 Å². The maximum Gasteiger partial charge on any atom is 0.306 e. The molecule has 0 rings (SSSR count). The lowest BCUT2D eigenvalue weighted by Gasteiger charge is -2.18. The van der Waals surface area contributed by atoms with Crippen LogP contribution in [0, 0.1) is 0 Å². The highest BCUT2D eigenvalue weighted by atomic mass is 16.6. The molecule has 1 unspecified atom stereocenters. The van der Waals surface area contributed by atoms with Crippen LogP contribution in [0.5, 0.6) is 0 Å². The molecule has 0 aliphatic rings. The number of rotatable bonds is 62. The molecule has 0 saturated carbocycles. The van der Waals surface area contributed by atoms with E-state index in [0.717, 1.165) is 109 Å². The van der Waals surface area contributed by atoms with Gasteiger partial charge in [-0.3, -0.25) is 14.4 Å². The van der Waals surface area contributed by atoms with Crippen molar-refractivity contribution in [1.29, 1.82) is 0 Å². The molecule has 452 valence electrons. The van der Waals surface area contributed by atoms with Crippen molar-refractivity contribution in [2.45, 2.75) is 354 Å². The number of carbonyl (C=O) groups excluding carboxylic acids is 3. The average molecular weight is 1090 g/mol. The van der Waals surface area contributed by atoms with Crippen LogP contribution in [0.15, 0.2) is 72.9 Å². The molecule has 0 aliphatic heterocycles. The van der Waals surface area contributed by atoms with Gasteiger partial charge in [0.25, 0.3) is 0 Å². The van der Waals surface area contributed by atoms with Crippen LogP contribution in [0.3, 0.4) is 0 Å². The van der Waals surface area contributed by atoms with E-state index in [1.165, 1.54) is 199 Å². The second-order valence-corrected chi connectivity index (χ2v) is 22.7. The smallest absolute Gasteiger partial charge is 0.306 e. The van der Waals surface area contributed by atoms with Gasteiger partial charge in [-0.15, -0.1) is 0 Å². The van der Waals surface area contributed by atoms with Crippen LogP contribution in [-0.2, 0) is 28.6 Å². The largest absolute Gasteiger partial charge is 0.462 e. The van der Waals surface area contributed by atoms with Crippen LogP contribution in [0.25, 0.3) is 0 Å². The molecule has 0 aliphatic carbocycles. The second kappa shape index (κ2) is 66.4. The van der Waals surface area contributed by atoms with Gasteiger partial charge in [-0.05, 0) is 89.9 Å². The first kappa shape index (κ1) is 74.8. The number of hydrogen-bond donors (Lipinski definition) is 0. The van der Waals surface area contributed by atoms with E-state index in [2.05, 4.69) is 93.7 Å². The molecule has 0 aromatic heterocycles. The van der Waals surface area contributed by atoms with Crippen molar-refractivity contribution in [2.75, 3.05) is 13.2 Å². The van der Waals surface area contributed by atoms with Gasteiger partial charge in [-0.1, -0.05) is 312 Å². The van der Waals surface area contributed by atoms with Crippen molar-refractivity contribution in [3.63, 3.8) is 0 Å². The summed E-state index contributed by atoms with van der Waals surface area (Å²) >= 11 is 0. The van der Waals surface area contributed by atoms with E-state index in [-0.39, 0.29) is 31.1 Å². The monoisotopic (exact) mass is 1090 g/mol. The van der Waals surface area contributed by atoms with E-state index >= 15 is 0 Å². The zero-order valence-electron chi connectivity index (χ0n) is 51.9. The van der Waals surface area contributed by atoms with Gasteiger partial charge in [0.15, 0.2) is 6.10 Å². The first-order chi connectivity index (χ1) is 38.5. The van der Waals surface area contributed by atoms with E-state index in [1.807, 2.05) is 0 Å². The van der Waals surface area contributed by atoms with Gasteiger partial charge in [0.1, 0.15) is 13.2 Å². The number of unbranched alkanes of at least 4 members (excludes halogenated alkanes) is 39. The Hall–Kier alpha value is -3.15. The van der Waals surface area contributed by atoms with E-state index < -0.39 is 6.10 Å². The Labute approximate surface area is 484 Å². The standard InChI is InChI=1S/C72H128O6/c1-4-7-10-13-16-19-22-24-26-27-28-29-30-31-32-33-34-35-36-37-38-39-40-41-42-43-44-45-47-48-50-53-56-59-62-65-71(74)77-68-69(67-76-70(73)64-61-58-55-52-21-18-15-12-9-6-3)78-72(75)66-63-60-57-54-51-49-46-25-23-20-17-14-11-8-5-2/h7,10,16-17,19-20,24-26,28-29,46,69H,4-6,8-9,11-15,18,21-23,27,30-45,47-68H2,1-3H3/b10-7-,19-16-,20-17-,26-24-,29-28-,46-25-. The first-order valence-electron chi connectivity index (χ1n) is 33.9. The van der Waals surface area contributed by atoms with Crippen molar-refractivity contribution in [2.24, 2.45) is 0 Å². The highest BCUT2D eigenvalue weighted by molar-refractivity contribution is 5.71. The Kier molecular flexibility index (Phi) is 63.7. The lowest BCUT2D eigenvalue weighted by Crippen LogP contribution is -2.30. The molecule has 0 amide bonds. The minimum Gasteiger partial charge on any atom is -0.462 e. The summed E-state index contributed by atoms with van der Waals surface area (Å²) in [6.45, 7) is 6.52. The predicted octanol–water partition coefficient (Wildman–Crippen LogP) is 23.3. The molecule has 6 heteroatoms. The van der Waals surface area contributed by atoms with E-state index in [1.54, 1.807) is 0 Å². The number of ether oxygens (including phenoxy) is 3. The van der Waals surface area contributed by atoms with Gasteiger partial charge in [-0.2, -0.15) is 0 Å². The molecule has 0 aromatic rings. The van der Waals surface area contributed by atoms with Gasteiger partial charge in [0.05, 0.1) is 0 Å². The average Bonchev–Trinajstić information content (AvgIpc) is 3.44. The Morgan fingerprint density at radius 2 is 0.500 bits per heavy atom. The SMILES string of the molecule is CC/C=C\C/C=C\C/C=C\C/C=C\CCCCCCCCCCCCCCCCCCCCCCCCC(=O)OCC(COC(=O)CCCCCCCCCCCC)OC(=O)CCCCCCC/C=C\C/C=C\CCCCC. The molecule has 0 aromatic carbocycles. The fourth-order valence-corrected chi connectivity index (χ4v) is 9.88. The van der Waals surface area contributed by atoms with Gasteiger partial charge >= 0.3 is 17.9 Å². The lowest BCUT2D eigenvalue weighted by atomic mass is 10.0. The molecule has 78 heavy (non-hydrogen) atoms. The molecule has 0 N–H and O–H groups in total. The summed E-state index contributed by atoms with van der Waals surface area (Å²) in [6.07, 6.45) is 86.6. The van der Waals surface area contributed by atoms with Crippen LogP contribution < -0.4 is 0 Å². The Morgan fingerprint density at radius 3 is 0.808 bits per heavy atom. The zero-order valence-corrected chi connectivity index (χ0v) is 51.9. The molecule has 0 radical (unpaired) electrons. The number of hydrogen-bond acceptors (Lipinski definition) is 6. The number of allylic oxidation sites excluding steroid dienone is 12. The summed E-state index contributed by atoms with van der Waals surface area (Å²) in [5, 5.41) is 0. The molecule has 0 bridgehead atoms. The predicted molar refractivity (Wildman–Crippen MR) is 339 cm³/mol. The van der Waals surface area contributed by atoms with Crippen molar-refractivity contribution in [3.8, 4) is 0 Å². The summed E-state index contributed by atoms with van der Waals surface area (Å²) in [7, 11) is 0. The fraction of sp³-hybridized carbons (Fsp3) is 0.792. The number of carbonyl (C=O) groups is 3. The quantitative estimate of drug-likeness (QED) is 0.0261. The molecule has 0 spiro atoms. The van der Waals surface area contributed by atoms with Gasteiger partial charge < -0.3 is 14.2 Å². The lowest BCUT2D eigenvalue weighted by molar-refractivity contribution is -0.167. The third-order valence-electron chi connectivity index (χ3n) is 14.9. The minimum absolute atomic E-state index is 0.0753. The zero-order chi connectivity index (χ0) is 56.4. The van der Waals surface area contributed by atoms with E-state index in [9.17, 15) is 14.4 Å². The summed E-state index contributed by atoms with van der Waals surface area (Å²) in [4.78, 5) is 38.2. The third-order valence-corrected chi connectivity index (χ3v) is 14.9. The van der Waals surface area contributed by atoms with Crippen LogP contribution in [0.2, 0.25) is 0 Å². The fourth-order valence-electron chi connectivity index (χ4n) is 9.88. The van der Waals surface area contributed by atoms with Crippen LogP contribution >= 0.6 is 0 Å². The summed E-state index contributed by atoms with van der Waals surface area (Å²) in [6, 6.07) is 0. The molecular formula is C72H128O6. The third kappa shape index (κ3) is 63.7. The van der Waals surface area contributed by atoms with Crippen LogP contribution in [-0.4, -0.2) is 37.2 Å². The molecule has 1 atom stereocenters. The maximum atomic E-state index is 12.9. The van der Waals surface area contributed by atoms with Crippen LogP contribution in [0.4, 0.5) is 0 Å². The Morgan fingerprint density at radius 1 is 0.269 bits per heavy atom. The van der Waals surface area contributed by atoms with Gasteiger partial charge in [-0.25, -0.2) is 0 Å². The van der Waals surface area contributed by atoms with E-state index in [0.29, 0.717) is 19.3 Å². The molecule has 0 saturated heterocycles. The highest BCUT2D eigenvalue weighted by Crippen LogP contribution is 2.18. The van der Waals surface area contributed by atoms with Gasteiger partial charge in [0, 0.05) is 19.3 Å². The molecular weight excluding hydrogens is 961 g/mol. The van der Waals surface area contributed by atoms with E-state index in [4.69, 9.17) is 14.2 Å². The minimum atomic E-state index is -0.778. The number of esters is 3. The summed E-state index contributed by atoms with van der Waals surface area (Å²) in [5.41, 5.74) is 0. The topological polar surface area (TPSA) is 78.9 Å². The maximum absolute atomic E-state index is 12.9. The first-order valence-corrected chi connectivity index (χ1v) is 33.9. The summed E-state index contributed by atoms with van der Waals surface area (Å²) < 4.78 is 16.9.